The van der Waals surface area contributed by atoms with Crippen LogP contribution in [0.4, 0.5) is 33.2 Å². The molecule has 0 aliphatic carbocycles. The Morgan fingerprint density at radius 2 is 2.03 bits per heavy atom. The average Bonchev–Trinajstić information content (AvgIpc) is 3.09. The van der Waals surface area contributed by atoms with Crippen molar-refractivity contribution in [3.63, 3.8) is 0 Å². The van der Waals surface area contributed by atoms with E-state index in [2.05, 4.69) is 36.2 Å². The Kier molecular flexibility index (Phi) is 7.00. The first-order valence-corrected chi connectivity index (χ1v) is 12.0. The molecule has 1 aliphatic heterocycles. The zero-order chi connectivity index (χ0) is 27.1. The Morgan fingerprint density at radius 3 is 2.68 bits per heavy atom. The van der Waals surface area contributed by atoms with Gasteiger partial charge in [-0.2, -0.15) is 9.37 Å². The van der Waals surface area contributed by atoms with Crippen LogP contribution >= 0.6 is 15.9 Å². The van der Waals surface area contributed by atoms with Crippen LogP contribution in [0.5, 0.6) is 5.75 Å². The summed E-state index contributed by atoms with van der Waals surface area (Å²) < 4.78 is 25.4. The van der Waals surface area contributed by atoms with Crippen molar-refractivity contribution in [2.45, 2.75) is 39.2 Å². The molecule has 3 aromatic rings. The van der Waals surface area contributed by atoms with Crippen molar-refractivity contribution in [1.29, 1.82) is 0 Å². The molecule has 0 atom stereocenters. The van der Waals surface area contributed by atoms with Gasteiger partial charge in [0, 0.05) is 30.3 Å². The zero-order valence-corrected chi connectivity index (χ0v) is 22.3. The number of nitrogens with one attached hydrogen (secondary N) is 1. The minimum atomic E-state index is -1.05. The van der Waals surface area contributed by atoms with Crippen molar-refractivity contribution >= 4 is 50.7 Å². The summed E-state index contributed by atoms with van der Waals surface area (Å²) in [7, 11) is 1.30. The van der Waals surface area contributed by atoms with Crippen molar-refractivity contribution in [1.82, 2.24) is 15.0 Å². The van der Waals surface area contributed by atoms with Gasteiger partial charge < -0.3 is 19.7 Å². The third-order valence-corrected chi connectivity index (χ3v) is 6.07. The summed E-state index contributed by atoms with van der Waals surface area (Å²) in [4.78, 5) is 38.7. The number of esters is 1. The highest BCUT2D eigenvalue weighted by atomic mass is 79.9. The Hall–Kier alpha value is -3.87. The maximum absolute atomic E-state index is 14.1. The van der Waals surface area contributed by atoms with Crippen molar-refractivity contribution in [2.75, 3.05) is 23.9 Å². The monoisotopic (exact) mass is 574 g/mol. The van der Waals surface area contributed by atoms with Gasteiger partial charge in [-0.05, 0) is 41.9 Å². The predicted molar refractivity (Wildman–Crippen MR) is 137 cm³/mol. The molecule has 4 rings (SSSR count). The number of benzene rings is 1. The number of rotatable bonds is 7. The van der Waals surface area contributed by atoms with E-state index in [-0.39, 0.29) is 40.3 Å². The van der Waals surface area contributed by atoms with E-state index < -0.39 is 22.4 Å². The van der Waals surface area contributed by atoms with Crippen LogP contribution in [-0.2, 0) is 10.2 Å². The quantitative estimate of drug-likeness (QED) is 0.168. The van der Waals surface area contributed by atoms with Crippen LogP contribution in [0.2, 0.25) is 0 Å². The number of nitro benzene ring substituents is 1. The highest BCUT2D eigenvalue weighted by molar-refractivity contribution is 9.10. The number of hydrogen-bond acceptors (Lipinski definition) is 10. The average molecular weight is 575 g/mol. The lowest BCUT2D eigenvalue weighted by molar-refractivity contribution is -0.387. The minimum Gasteiger partial charge on any atom is -0.494 e. The molecule has 0 amide bonds. The number of ether oxygens (including phenoxy) is 2. The Balaban J connectivity index is 1.83. The van der Waals surface area contributed by atoms with Gasteiger partial charge in [0.1, 0.15) is 15.9 Å². The first-order chi connectivity index (χ1) is 17.4. The predicted octanol–water partition coefficient (Wildman–Crippen LogP) is 5.43. The summed E-state index contributed by atoms with van der Waals surface area (Å²) in [5.41, 5.74) is 0.653. The molecule has 0 saturated heterocycles. The second kappa shape index (κ2) is 9.88. The summed E-state index contributed by atoms with van der Waals surface area (Å²) in [6.07, 6.45) is 0.943. The topological polar surface area (TPSA) is 133 Å². The molecule has 1 aliphatic rings. The molecule has 0 saturated carbocycles. The van der Waals surface area contributed by atoms with Crippen molar-refractivity contribution < 1.29 is 23.6 Å². The van der Waals surface area contributed by atoms with Crippen LogP contribution in [0, 0.1) is 15.9 Å². The second-order valence-electron chi connectivity index (χ2n) is 9.24. The fraction of sp³-hybridized carbons (Fsp3) is 0.333. The highest BCUT2D eigenvalue weighted by Crippen LogP contribution is 2.44. The third kappa shape index (κ3) is 5.17. The number of pyridine rings is 1. The Morgan fingerprint density at radius 1 is 1.30 bits per heavy atom. The smallest absolute Gasteiger partial charge is 0.343 e. The van der Waals surface area contributed by atoms with Gasteiger partial charge in [0.2, 0.25) is 11.8 Å². The molecular weight excluding hydrogens is 551 g/mol. The number of anilines is 4. The Bertz CT molecular complexity index is 1400. The van der Waals surface area contributed by atoms with Crippen LogP contribution in [-0.4, -0.2) is 45.6 Å². The second-order valence-corrected chi connectivity index (χ2v) is 10.1. The van der Waals surface area contributed by atoms with E-state index in [0.717, 1.165) is 23.5 Å². The lowest BCUT2D eigenvalue weighted by atomic mass is 9.91. The molecule has 0 unspecified atom stereocenters. The van der Waals surface area contributed by atoms with Crippen LogP contribution in [0.15, 0.2) is 35.1 Å². The molecule has 13 heteroatoms. The van der Waals surface area contributed by atoms with E-state index in [9.17, 15) is 19.3 Å². The van der Waals surface area contributed by atoms with Gasteiger partial charge in [-0.25, -0.2) is 14.8 Å². The van der Waals surface area contributed by atoms with E-state index >= 15 is 0 Å². The molecule has 3 heterocycles. The molecule has 1 N–H and O–H groups in total. The summed E-state index contributed by atoms with van der Waals surface area (Å²) in [5, 5.41) is 14.1. The van der Waals surface area contributed by atoms with Crippen LogP contribution in [0.3, 0.4) is 0 Å². The maximum Gasteiger partial charge on any atom is 0.343 e. The maximum atomic E-state index is 14.1. The van der Waals surface area contributed by atoms with Crippen molar-refractivity contribution in [2.24, 2.45) is 0 Å². The van der Waals surface area contributed by atoms with E-state index in [1.807, 2.05) is 24.8 Å². The standard InChI is InChI=1S/C24H24BrFN6O5/c1-12(2)37-22(33)13-10-27-23(28-15-9-17(32(34)35)14(26)8-18(15)36-5)30-21(13)31-11-24(3,4)20-16(31)6-7-19(25)29-20/h6-10,12H,11H2,1-5H3,(H,27,28,30). The first-order valence-electron chi connectivity index (χ1n) is 11.2. The van der Waals surface area contributed by atoms with Crippen LogP contribution in [0.25, 0.3) is 0 Å². The van der Waals surface area contributed by atoms with E-state index in [4.69, 9.17) is 9.47 Å². The number of carbonyl (C=O) groups excluding carboxylic acids is 1. The summed E-state index contributed by atoms with van der Waals surface area (Å²) in [6.45, 7) is 7.98. The summed E-state index contributed by atoms with van der Waals surface area (Å²) in [6, 6.07) is 5.56. The number of aromatic nitrogens is 3. The van der Waals surface area contributed by atoms with Gasteiger partial charge in [-0.1, -0.05) is 13.8 Å². The van der Waals surface area contributed by atoms with Gasteiger partial charge in [0.25, 0.3) is 0 Å². The fourth-order valence-corrected chi connectivity index (χ4v) is 4.33. The Labute approximate surface area is 220 Å². The summed E-state index contributed by atoms with van der Waals surface area (Å²) in [5.74, 6) is -1.38. The van der Waals surface area contributed by atoms with E-state index in [0.29, 0.717) is 11.1 Å². The first kappa shape index (κ1) is 26.2. The normalized spacial score (nSPS) is 13.9. The number of halogens is 2. The highest BCUT2D eigenvalue weighted by Gasteiger charge is 2.40. The molecule has 0 radical (unpaired) electrons. The molecule has 0 bridgehead atoms. The van der Waals surface area contributed by atoms with Crippen LogP contribution in [0.1, 0.15) is 43.7 Å². The van der Waals surface area contributed by atoms with Gasteiger partial charge in [-0.3, -0.25) is 10.1 Å². The van der Waals surface area contributed by atoms with Crippen LogP contribution < -0.4 is 15.0 Å². The summed E-state index contributed by atoms with van der Waals surface area (Å²) >= 11 is 3.41. The number of nitro groups is 1. The van der Waals surface area contributed by atoms with E-state index in [1.165, 1.54) is 13.3 Å². The number of carbonyl (C=O) groups is 1. The number of fused-ring (bicyclic) bond motifs is 1. The SMILES string of the molecule is COc1cc(F)c([N+](=O)[O-])cc1Nc1ncc(C(=O)OC(C)C)c(N2CC(C)(C)c3nc(Br)ccc32)n1. The van der Waals surface area contributed by atoms with Gasteiger partial charge >= 0.3 is 11.7 Å². The largest absolute Gasteiger partial charge is 0.494 e. The molecule has 11 nitrogen and oxygen atoms in total. The molecule has 194 valence electrons. The molecule has 0 fully saturated rings. The third-order valence-electron chi connectivity index (χ3n) is 5.62. The number of hydrogen-bond donors (Lipinski definition) is 1. The molecule has 0 spiro atoms. The number of methoxy groups -OCH3 is 1. The molecular formula is C24H24BrFN6O5. The number of nitrogens with zero attached hydrogens (tertiary/aromatic N) is 5. The van der Waals surface area contributed by atoms with Gasteiger partial charge in [0.05, 0.1) is 35.2 Å². The van der Waals surface area contributed by atoms with Gasteiger partial charge in [-0.15, -0.1) is 0 Å². The van der Waals surface area contributed by atoms with E-state index in [1.54, 1.807) is 19.9 Å². The molecule has 2 aromatic heterocycles. The fourth-order valence-electron chi connectivity index (χ4n) is 4.02. The lowest BCUT2D eigenvalue weighted by Gasteiger charge is -2.23. The molecule has 1 aromatic carbocycles. The van der Waals surface area contributed by atoms with Crippen molar-refractivity contribution in [3.05, 3.63) is 62.3 Å². The van der Waals surface area contributed by atoms with Gasteiger partial charge in [0.15, 0.2) is 5.82 Å². The molecule has 37 heavy (non-hydrogen) atoms. The zero-order valence-electron chi connectivity index (χ0n) is 20.7. The van der Waals surface area contributed by atoms with Crippen molar-refractivity contribution in [3.8, 4) is 5.75 Å². The minimum absolute atomic E-state index is 0.00614. The lowest BCUT2D eigenvalue weighted by Crippen LogP contribution is -2.28.